The maximum atomic E-state index is 9.65. The molecule has 0 saturated heterocycles. The van der Waals surface area contributed by atoms with E-state index >= 15 is 0 Å². The van der Waals surface area contributed by atoms with Gasteiger partial charge in [-0.15, -0.1) is 0 Å². The Kier molecular flexibility index (Phi) is 2.05. The van der Waals surface area contributed by atoms with Crippen LogP contribution in [0.5, 0.6) is 5.75 Å². The number of phenolic OH excluding ortho intramolecular Hbond substituents is 1. The average Bonchev–Trinajstić information content (AvgIpc) is 2.25. The van der Waals surface area contributed by atoms with Gasteiger partial charge >= 0.3 is 0 Å². The van der Waals surface area contributed by atoms with Gasteiger partial charge in [0.2, 0.25) is 0 Å². The number of phenols is 1. The molecule has 2 bridgehead atoms. The quantitative estimate of drug-likeness (QED) is 0.700. The highest BCUT2D eigenvalue weighted by atomic mass is 16.3. The molecule has 3 atom stereocenters. The first-order chi connectivity index (χ1) is 7.61. The van der Waals surface area contributed by atoms with Crippen molar-refractivity contribution in [2.45, 2.75) is 44.1 Å². The van der Waals surface area contributed by atoms with E-state index in [1.807, 2.05) is 6.07 Å². The summed E-state index contributed by atoms with van der Waals surface area (Å²) in [6, 6.07) is 6.06. The minimum absolute atomic E-state index is 0.0786. The lowest BCUT2D eigenvalue weighted by molar-refractivity contribution is 0.173. The molecule has 0 amide bonds. The van der Waals surface area contributed by atoms with Gasteiger partial charge in [0.05, 0.1) is 0 Å². The number of nitrogens with two attached hydrogens (primary N) is 1. The fourth-order valence-electron chi connectivity index (χ4n) is 3.70. The Hall–Kier alpha value is -1.02. The minimum Gasteiger partial charge on any atom is -0.508 e. The molecule has 16 heavy (non-hydrogen) atoms. The monoisotopic (exact) mass is 217 g/mol. The van der Waals surface area contributed by atoms with Gasteiger partial charge in [-0.2, -0.15) is 0 Å². The summed E-state index contributed by atoms with van der Waals surface area (Å²) in [5.41, 5.74) is 9.16. The van der Waals surface area contributed by atoms with Crippen molar-refractivity contribution in [2.24, 2.45) is 11.7 Å². The third-order valence-corrected chi connectivity index (χ3v) is 4.71. The minimum atomic E-state index is 0.0786. The summed E-state index contributed by atoms with van der Waals surface area (Å²) in [5, 5.41) is 9.65. The third-order valence-electron chi connectivity index (χ3n) is 4.71. The number of benzene rings is 1. The number of fused-ring (bicyclic) bond motifs is 4. The van der Waals surface area contributed by atoms with Gasteiger partial charge in [0.15, 0.2) is 0 Å². The second kappa shape index (κ2) is 3.24. The average molecular weight is 217 g/mol. The summed E-state index contributed by atoms with van der Waals surface area (Å²) in [6.07, 6.45) is 4.77. The lowest BCUT2D eigenvalue weighted by atomic mass is 9.57. The van der Waals surface area contributed by atoms with E-state index in [4.69, 9.17) is 5.73 Å². The van der Waals surface area contributed by atoms with Crippen LogP contribution in [0.1, 0.15) is 37.3 Å². The first kappa shape index (κ1) is 10.2. The van der Waals surface area contributed by atoms with Crippen molar-refractivity contribution in [2.75, 3.05) is 0 Å². The van der Waals surface area contributed by atoms with Gasteiger partial charge in [-0.3, -0.25) is 0 Å². The maximum absolute atomic E-state index is 9.65. The molecule has 2 heteroatoms. The van der Waals surface area contributed by atoms with E-state index in [0.29, 0.717) is 11.7 Å². The van der Waals surface area contributed by atoms with Crippen molar-refractivity contribution in [1.29, 1.82) is 0 Å². The maximum Gasteiger partial charge on any atom is 0.115 e. The molecule has 0 heterocycles. The zero-order valence-corrected chi connectivity index (χ0v) is 9.74. The van der Waals surface area contributed by atoms with Gasteiger partial charge in [-0.25, -0.2) is 0 Å². The SMILES string of the molecule is C[C@@]12CCCC(Cc3ccc(O)cc31)C2N. The molecular weight excluding hydrogens is 198 g/mol. The Balaban J connectivity index is 2.18. The molecule has 0 radical (unpaired) electrons. The van der Waals surface area contributed by atoms with E-state index in [1.54, 1.807) is 6.07 Å². The Morgan fingerprint density at radius 1 is 1.44 bits per heavy atom. The molecule has 86 valence electrons. The van der Waals surface area contributed by atoms with Crippen molar-refractivity contribution >= 4 is 0 Å². The van der Waals surface area contributed by atoms with Crippen LogP contribution >= 0.6 is 0 Å². The van der Waals surface area contributed by atoms with E-state index in [2.05, 4.69) is 13.0 Å². The van der Waals surface area contributed by atoms with Crippen molar-refractivity contribution < 1.29 is 5.11 Å². The Bertz CT molecular complexity index is 429. The molecule has 3 rings (SSSR count). The predicted molar refractivity (Wildman–Crippen MR) is 64.5 cm³/mol. The highest BCUT2D eigenvalue weighted by Gasteiger charge is 2.45. The molecule has 2 unspecified atom stereocenters. The molecule has 1 fully saturated rings. The normalized spacial score (nSPS) is 36.9. The van der Waals surface area contributed by atoms with Crippen molar-refractivity contribution in [3.8, 4) is 5.75 Å². The molecule has 3 N–H and O–H groups in total. The summed E-state index contributed by atoms with van der Waals surface area (Å²) < 4.78 is 0. The Morgan fingerprint density at radius 3 is 3.06 bits per heavy atom. The number of aromatic hydroxyl groups is 1. The first-order valence-corrected chi connectivity index (χ1v) is 6.19. The van der Waals surface area contributed by atoms with Gasteiger partial charge in [-0.1, -0.05) is 19.4 Å². The van der Waals surface area contributed by atoms with Crippen molar-refractivity contribution in [3.63, 3.8) is 0 Å². The molecule has 1 aromatic carbocycles. The van der Waals surface area contributed by atoms with E-state index in [1.165, 1.54) is 24.0 Å². The fraction of sp³-hybridized carbons (Fsp3) is 0.571. The van der Waals surface area contributed by atoms with Crippen LogP contribution in [0.4, 0.5) is 0 Å². The second-order valence-electron chi connectivity index (χ2n) is 5.64. The summed E-state index contributed by atoms with van der Waals surface area (Å²) in [6.45, 7) is 2.27. The van der Waals surface area contributed by atoms with Crippen LogP contribution < -0.4 is 5.73 Å². The Morgan fingerprint density at radius 2 is 2.25 bits per heavy atom. The molecule has 1 saturated carbocycles. The standard InChI is InChI=1S/C14H19NO/c1-14-6-2-3-10(13(14)15)7-9-4-5-11(16)8-12(9)14/h4-5,8,10,13,16H,2-3,6-7,15H2,1H3/t10?,13?,14-/m1/s1. The van der Waals surface area contributed by atoms with Crippen LogP contribution in [0.3, 0.4) is 0 Å². The van der Waals surface area contributed by atoms with Gasteiger partial charge in [0, 0.05) is 11.5 Å². The molecule has 0 aromatic heterocycles. The highest BCUT2D eigenvalue weighted by Crippen LogP contribution is 2.48. The van der Waals surface area contributed by atoms with E-state index in [9.17, 15) is 5.11 Å². The van der Waals surface area contributed by atoms with Crippen LogP contribution in [0.25, 0.3) is 0 Å². The largest absolute Gasteiger partial charge is 0.508 e. The smallest absolute Gasteiger partial charge is 0.115 e. The number of hydrogen-bond donors (Lipinski definition) is 2. The molecule has 0 spiro atoms. The summed E-state index contributed by atoms with van der Waals surface area (Å²) >= 11 is 0. The van der Waals surface area contributed by atoms with Crippen molar-refractivity contribution in [1.82, 2.24) is 0 Å². The lowest BCUT2D eigenvalue weighted by Gasteiger charge is -2.49. The van der Waals surface area contributed by atoms with Crippen LogP contribution in [0, 0.1) is 5.92 Å². The van der Waals surface area contributed by atoms with Crippen LogP contribution in [0.15, 0.2) is 18.2 Å². The number of hydrogen-bond acceptors (Lipinski definition) is 2. The van der Waals surface area contributed by atoms with Gasteiger partial charge < -0.3 is 10.8 Å². The van der Waals surface area contributed by atoms with E-state index in [-0.39, 0.29) is 11.5 Å². The van der Waals surface area contributed by atoms with E-state index in [0.717, 1.165) is 12.8 Å². The Labute approximate surface area is 96.5 Å². The van der Waals surface area contributed by atoms with Gasteiger partial charge in [-0.05, 0) is 48.4 Å². The molecule has 2 aliphatic carbocycles. The van der Waals surface area contributed by atoms with Crippen LogP contribution in [0.2, 0.25) is 0 Å². The zero-order chi connectivity index (χ0) is 11.3. The number of rotatable bonds is 0. The van der Waals surface area contributed by atoms with Crippen LogP contribution in [-0.4, -0.2) is 11.1 Å². The second-order valence-corrected chi connectivity index (χ2v) is 5.64. The highest BCUT2D eigenvalue weighted by molar-refractivity contribution is 5.44. The fourth-order valence-corrected chi connectivity index (χ4v) is 3.70. The van der Waals surface area contributed by atoms with E-state index < -0.39 is 0 Å². The predicted octanol–water partition coefficient (Wildman–Crippen LogP) is 2.33. The third kappa shape index (κ3) is 1.23. The molecular formula is C14H19NO. The van der Waals surface area contributed by atoms with Crippen LogP contribution in [-0.2, 0) is 11.8 Å². The van der Waals surface area contributed by atoms with Gasteiger partial charge in [0.25, 0.3) is 0 Å². The zero-order valence-electron chi connectivity index (χ0n) is 9.74. The molecule has 2 aliphatic rings. The summed E-state index contributed by atoms with van der Waals surface area (Å²) in [7, 11) is 0. The van der Waals surface area contributed by atoms with Gasteiger partial charge in [0.1, 0.15) is 5.75 Å². The molecule has 0 aliphatic heterocycles. The topological polar surface area (TPSA) is 46.2 Å². The van der Waals surface area contributed by atoms with Crippen molar-refractivity contribution in [3.05, 3.63) is 29.3 Å². The summed E-state index contributed by atoms with van der Waals surface area (Å²) in [5.74, 6) is 1.01. The lowest BCUT2D eigenvalue weighted by Crippen LogP contribution is -2.54. The summed E-state index contributed by atoms with van der Waals surface area (Å²) in [4.78, 5) is 0. The molecule has 1 aromatic rings. The molecule has 2 nitrogen and oxygen atoms in total. The first-order valence-electron chi connectivity index (χ1n) is 6.19.